The van der Waals surface area contributed by atoms with Crippen LogP contribution in [0.1, 0.15) is 5.56 Å². The SMILES string of the molecule is COCCn1c(=O)cc(Nc2ccc(C)cc2)c2c(=O)n(-c3ccccc3)c(=O)n(-c3ccccc3)c21. The third-order valence-corrected chi connectivity index (χ3v) is 6.17. The Labute approximate surface area is 212 Å². The monoisotopic (exact) mass is 494 g/mol. The van der Waals surface area contributed by atoms with Gasteiger partial charge in [-0.15, -0.1) is 0 Å². The van der Waals surface area contributed by atoms with Gasteiger partial charge in [-0.25, -0.2) is 13.9 Å². The largest absolute Gasteiger partial charge is 0.383 e. The summed E-state index contributed by atoms with van der Waals surface area (Å²) in [5, 5.41) is 3.45. The zero-order valence-electron chi connectivity index (χ0n) is 20.5. The fraction of sp³-hybridized carbons (Fsp3) is 0.138. The van der Waals surface area contributed by atoms with Crippen LogP contribution in [0.5, 0.6) is 0 Å². The minimum atomic E-state index is -0.576. The molecular weight excluding hydrogens is 468 g/mol. The average Bonchev–Trinajstić information content (AvgIpc) is 2.91. The van der Waals surface area contributed by atoms with E-state index >= 15 is 0 Å². The van der Waals surface area contributed by atoms with E-state index in [-0.39, 0.29) is 29.7 Å². The van der Waals surface area contributed by atoms with Gasteiger partial charge in [0.15, 0.2) is 0 Å². The smallest absolute Gasteiger partial charge is 0.341 e. The highest BCUT2D eigenvalue weighted by molar-refractivity contribution is 5.91. The maximum atomic E-state index is 14.1. The summed E-state index contributed by atoms with van der Waals surface area (Å²) in [5.41, 5.74) is 1.80. The van der Waals surface area contributed by atoms with Crippen LogP contribution >= 0.6 is 0 Å². The first-order valence-corrected chi connectivity index (χ1v) is 11.9. The van der Waals surface area contributed by atoms with Crippen LogP contribution in [0.3, 0.4) is 0 Å². The van der Waals surface area contributed by atoms with E-state index in [0.717, 1.165) is 10.1 Å². The molecule has 0 spiro atoms. The number of ether oxygens (including phenoxy) is 1. The lowest BCUT2D eigenvalue weighted by molar-refractivity contribution is 0.187. The van der Waals surface area contributed by atoms with Crippen molar-refractivity contribution in [3.05, 3.63) is 128 Å². The number of hydrogen-bond acceptors (Lipinski definition) is 5. The van der Waals surface area contributed by atoms with E-state index in [1.165, 1.54) is 22.3 Å². The van der Waals surface area contributed by atoms with E-state index in [9.17, 15) is 14.4 Å². The highest BCUT2D eigenvalue weighted by atomic mass is 16.5. The Morgan fingerprint density at radius 1 is 0.784 bits per heavy atom. The summed E-state index contributed by atoms with van der Waals surface area (Å²) in [7, 11) is 1.53. The van der Waals surface area contributed by atoms with Gasteiger partial charge in [0.25, 0.3) is 11.1 Å². The van der Waals surface area contributed by atoms with Gasteiger partial charge in [-0.05, 0) is 43.3 Å². The van der Waals surface area contributed by atoms with Crippen molar-refractivity contribution in [3.8, 4) is 11.4 Å². The van der Waals surface area contributed by atoms with Crippen LogP contribution in [0.4, 0.5) is 11.4 Å². The van der Waals surface area contributed by atoms with E-state index in [2.05, 4.69) is 5.32 Å². The predicted molar refractivity (Wildman–Crippen MR) is 146 cm³/mol. The number of pyridine rings is 1. The van der Waals surface area contributed by atoms with Gasteiger partial charge in [-0.2, -0.15) is 0 Å². The van der Waals surface area contributed by atoms with E-state index in [1.54, 1.807) is 48.5 Å². The summed E-state index contributed by atoms with van der Waals surface area (Å²) in [4.78, 5) is 41.5. The van der Waals surface area contributed by atoms with Gasteiger partial charge in [-0.3, -0.25) is 14.2 Å². The fourth-order valence-electron chi connectivity index (χ4n) is 4.37. The first-order chi connectivity index (χ1) is 18.0. The van der Waals surface area contributed by atoms with Crippen molar-refractivity contribution in [2.24, 2.45) is 0 Å². The molecule has 37 heavy (non-hydrogen) atoms. The first kappa shape index (κ1) is 24.0. The molecule has 0 radical (unpaired) electrons. The molecular formula is C29H26N4O4. The number of aromatic nitrogens is 3. The van der Waals surface area contributed by atoms with Crippen LogP contribution in [-0.4, -0.2) is 27.4 Å². The van der Waals surface area contributed by atoms with E-state index in [1.807, 2.05) is 43.3 Å². The molecule has 0 aliphatic carbocycles. The molecule has 0 aliphatic heterocycles. The number of fused-ring (bicyclic) bond motifs is 1. The molecule has 0 bridgehead atoms. The molecule has 186 valence electrons. The molecule has 1 N–H and O–H groups in total. The zero-order chi connectivity index (χ0) is 25.9. The van der Waals surface area contributed by atoms with Crippen LogP contribution in [0.2, 0.25) is 0 Å². The third-order valence-electron chi connectivity index (χ3n) is 6.17. The Morgan fingerprint density at radius 3 is 1.97 bits per heavy atom. The summed E-state index contributed by atoms with van der Waals surface area (Å²) < 4.78 is 9.22. The Morgan fingerprint density at radius 2 is 1.38 bits per heavy atom. The average molecular weight is 495 g/mol. The minimum Gasteiger partial charge on any atom is -0.383 e. The molecule has 8 nitrogen and oxygen atoms in total. The number of aryl methyl sites for hydroxylation is 1. The summed E-state index contributed by atoms with van der Waals surface area (Å²) in [6.45, 7) is 2.37. The normalized spacial score (nSPS) is 11.1. The second-order valence-corrected chi connectivity index (χ2v) is 8.66. The first-order valence-electron chi connectivity index (χ1n) is 11.9. The lowest BCUT2D eigenvalue weighted by atomic mass is 10.2. The highest BCUT2D eigenvalue weighted by Gasteiger charge is 2.22. The highest BCUT2D eigenvalue weighted by Crippen LogP contribution is 2.24. The van der Waals surface area contributed by atoms with Gasteiger partial charge in [0.2, 0.25) is 0 Å². The summed E-state index contributed by atoms with van der Waals surface area (Å²) >= 11 is 0. The number of rotatable bonds is 7. The van der Waals surface area contributed by atoms with Crippen LogP contribution in [-0.2, 0) is 11.3 Å². The van der Waals surface area contributed by atoms with Crippen molar-refractivity contribution in [2.45, 2.75) is 13.5 Å². The van der Waals surface area contributed by atoms with Gasteiger partial charge in [-0.1, -0.05) is 54.1 Å². The van der Waals surface area contributed by atoms with Crippen molar-refractivity contribution >= 4 is 22.4 Å². The minimum absolute atomic E-state index is 0.164. The van der Waals surface area contributed by atoms with Crippen molar-refractivity contribution in [1.82, 2.24) is 13.7 Å². The van der Waals surface area contributed by atoms with E-state index in [0.29, 0.717) is 22.7 Å². The van der Waals surface area contributed by atoms with Crippen LogP contribution < -0.4 is 22.1 Å². The summed E-state index contributed by atoms with van der Waals surface area (Å²) in [6.07, 6.45) is 0. The quantitative estimate of drug-likeness (QED) is 0.370. The molecule has 5 aromatic rings. The number of hydrogen-bond donors (Lipinski definition) is 1. The second-order valence-electron chi connectivity index (χ2n) is 8.66. The standard InChI is InChI=1S/C29H26N4O4/c1-20-13-15-21(16-14-20)30-24-19-25(34)31(17-18-37-2)27-26(24)28(35)33(23-11-7-4-8-12-23)29(36)32(27)22-9-5-3-6-10-22/h3-16,19,30H,17-18H2,1-2H3. The second kappa shape index (κ2) is 10.1. The Hall–Kier alpha value is -4.69. The Kier molecular flexibility index (Phi) is 6.57. The number of benzene rings is 3. The molecule has 0 unspecified atom stereocenters. The molecule has 0 amide bonds. The van der Waals surface area contributed by atoms with Crippen molar-refractivity contribution in [1.29, 1.82) is 0 Å². The lowest BCUT2D eigenvalue weighted by Crippen LogP contribution is -2.41. The van der Waals surface area contributed by atoms with Gasteiger partial charge < -0.3 is 10.1 Å². The van der Waals surface area contributed by atoms with Crippen molar-refractivity contribution < 1.29 is 4.74 Å². The van der Waals surface area contributed by atoms with Crippen LogP contribution in [0.25, 0.3) is 22.4 Å². The number of nitrogens with zero attached hydrogens (tertiary/aromatic N) is 3. The number of anilines is 2. The van der Waals surface area contributed by atoms with E-state index < -0.39 is 11.2 Å². The molecule has 0 aliphatic rings. The molecule has 3 aromatic carbocycles. The number of nitrogens with one attached hydrogen (secondary N) is 1. The molecule has 2 aromatic heterocycles. The molecule has 8 heteroatoms. The fourth-order valence-corrected chi connectivity index (χ4v) is 4.37. The van der Waals surface area contributed by atoms with Crippen LogP contribution in [0.15, 0.2) is 105 Å². The number of para-hydroxylation sites is 2. The van der Waals surface area contributed by atoms with Crippen molar-refractivity contribution in [2.75, 3.05) is 19.0 Å². The van der Waals surface area contributed by atoms with Crippen molar-refractivity contribution in [3.63, 3.8) is 0 Å². The lowest BCUT2D eigenvalue weighted by Gasteiger charge is -2.20. The van der Waals surface area contributed by atoms with Gasteiger partial charge in [0, 0.05) is 18.9 Å². The van der Waals surface area contributed by atoms with Gasteiger partial charge >= 0.3 is 5.69 Å². The predicted octanol–water partition coefficient (Wildman–Crippen LogP) is 4.00. The summed E-state index contributed by atoms with van der Waals surface area (Å²) in [5.74, 6) is 0. The Bertz CT molecular complexity index is 1740. The Balaban J connectivity index is 1.95. The molecule has 0 saturated carbocycles. The van der Waals surface area contributed by atoms with Crippen LogP contribution in [0, 0.1) is 6.92 Å². The molecule has 0 atom stereocenters. The molecule has 0 fully saturated rings. The topological polar surface area (TPSA) is 87.3 Å². The maximum Gasteiger partial charge on any atom is 0.341 e. The van der Waals surface area contributed by atoms with Gasteiger partial charge in [0.05, 0.1) is 30.2 Å². The summed E-state index contributed by atoms with van der Waals surface area (Å²) in [6, 6.07) is 26.8. The molecule has 0 saturated heterocycles. The van der Waals surface area contributed by atoms with Gasteiger partial charge in [0.1, 0.15) is 11.0 Å². The maximum absolute atomic E-state index is 14.1. The third kappa shape index (κ3) is 4.50. The zero-order valence-corrected chi connectivity index (χ0v) is 20.5. The molecule has 5 rings (SSSR count). The number of methoxy groups -OCH3 is 1. The van der Waals surface area contributed by atoms with E-state index in [4.69, 9.17) is 4.74 Å². The molecule has 2 heterocycles.